The summed E-state index contributed by atoms with van der Waals surface area (Å²) in [5.41, 5.74) is 0.573. The molecule has 2 rings (SSSR count). The van der Waals surface area contributed by atoms with Crippen molar-refractivity contribution in [2.75, 3.05) is 82.0 Å². The van der Waals surface area contributed by atoms with Gasteiger partial charge < -0.3 is 52.1 Å². The van der Waals surface area contributed by atoms with Crippen LogP contribution < -0.4 is 9.47 Å². The minimum Gasteiger partial charge on any atom is -0.494 e. The molecule has 2 aromatic rings. The van der Waals surface area contributed by atoms with Crippen LogP contribution in [0.4, 0.5) is 0 Å². The minimum absolute atomic E-state index is 0.0415. The SMILES string of the molecule is CC#CC#CCC(=O)OC.CCC(=O)OC.CCCOCOCC(=O)OC.CCOC(=O)c1ccc(C(=O)OCC(=O)OC)cc1.CCOc1ccc(OCC(=O)OC)cc1. The van der Waals surface area contributed by atoms with E-state index in [1.54, 1.807) is 45.0 Å². The highest BCUT2D eigenvalue weighted by Gasteiger charge is 2.12. The van der Waals surface area contributed by atoms with Gasteiger partial charge in [0.1, 0.15) is 31.3 Å². The molecule has 0 aliphatic rings. The lowest BCUT2D eigenvalue weighted by atomic mass is 10.1. The minimum atomic E-state index is -0.666. The van der Waals surface area contributed by atoms with Crippen molar-refractivity contribution in [1.29, 1.82) is 0 Å². The maximum Gasteiger partial charge on any atom is 0.344 e. The number of hydrogen-bond acceptors (Lipinski definition) is 18. The highest BCUT2D eigenvalue weighted by atomic mass is 16.7. The zero-order valence-corrected chi connectivity index (χ0v) is 36.5. The van der Waals surface area contributed by atoms with Gasteiger partial charge in [0.2, 0.25) is 0 Å². The quantitative estimate of drug-likeness (QED) is 0.0660. The van der Waals surface area contributed by atoms with Crippen LogP contribution in [0, 0.1) is 23.7 Å². The van der Waals surface area contributed by atoms with Crippen LogP contribution in [0.25, 0.3) is 0 Å². The number of hydrogen-bond donors (Lipinski definition) is 0. The molecule has 0 saturated carbocycles. The Balaban J connectivity index is -0.000000723. The predicted molar refractivity (Wildman–Crippen MR) is 219 cm³/mol. The molecule has 61 heavy (non-hydrogen) atoms. The second-order valence-corrected chi connectivity index (χ2v) is 10.5. The Morgan fingerprint density at radius 1 is 0.508 bits per heavy atom. The monoisotopic (exact) mass is 862 g/mol. The number of ether oxygens (including phenoxy) is 11. The zero-order chi connectivity index (χ0) is 46.7. The molecule has 0 radical (unpaired) electrons. The summed E-state index contributed by atoms with van der Waals surface area (Å²) in [5, 5.41) is 0. The van der Waals surface area contributed by atoms with Crippen LogP contribution in [0.3, 0.4) is 0 Å². The van der Waals surface area contributed by atoms with E-state index in [9.17, 15) is 33.6 Å². The molecule has 0 atom stereocenters. The van der Waals surface area contributed by atoms with E-state index in [0.29, 0.717) is 30.9 Å². The van der Waals surface area contributed by atoms with Crippen molar-refractivity contribution in [3.63, 3.8) is 0 Å². The first-order valence-electron chi connectivity index (χ1n) is 18.5. The molecule has 0 aromatic heterocycles. The van der Waals surface area contributed by atoms with Gasteiger partial charge in [-0.05, 0) is 87.6 Å². The molecular weight excluding hydrogens is 804 g/mol. The molecule has 0 bridgehead atoms. The summed E-state index contributed by atoms with van der Waals surface area (Å²) in [5.74, 6) is 8.48. The van der Waals surface area contributed by atoms with Crippen LogP contribution >= 0.6 is 0 Å². The Morgan fingerprint density at radius 3 is 1.41 bits per heavy atom. The van der Waals surface area contributed by atoms with E-state index in [0.717, 1.165) is 12.2 Å². The first-order valence-corrected chi connectivity index (χ1v) is 18.5. The van der Waals surface area contributed by atoms with Gasteiger partial charge >= 0.3 is 41.8 Å². The van der Waals surface area contributed by atoms with Crippen LogP contribution in [-0.2, 0) is 66.6 Å². The molecule has 0 fully saturated rings. The Morgan fingerprint density at radius 2 is 0.984 bits per heavy atom. The Kier molecular flexibility index (Phi) is 40.0. The number of methoxy groups -OCH3 is 5. The summed E-state index contributed by atoms with van der Waals surface area (Å²) in [6.07, 6.45) is 1.53. The van der Waals surface area contributed by atoms with E-state index in [4.69, 9.17) is 28.4 Å². The van der Waals surface area contributed by atoms with Gasteiger partial charge in [-0.3, -0.25) is 9.59 Å². The van der Waals surface area contributed by atoms with Crippen molar-refractivity contribution < 1.29 is 85.7 Å². The van der Waals surface area contributed by atoms with Crippen LogP contribution in [0.5, 0.6) is 11.5 Å². The van der Waals surface area contributed by atoms with Crippen molar-refractivity contribution in [2.45, 2.75) is 53.9 Å². The topological polar surface area (TPSA) is 221 Å². The van der Waals surface area contributed by atoms with Crippen molar-refractivity contribution in [1.82, 2.24) is 0 Å². The number of esters is 7. The van der Waals surface area contributed by atoms with E-state index in [1.807, 2.05) is 13.8 Å². The fourth-order valence-corrected chi connectivity index (χ4v) is 3.11. The largest absolute Gasteiger partial charge is 0.494 e. The molecule has 0 aliphatic heterocycles. The Labute approximate surface area is 357 Å². The molecule has 2 aromatic carbocycles. The van der Waals surface area contributed by atoms with E-state index in [-0.39, 0.29) is 56.5 Å². The summed E-state index contributed by atoms with van der Waals surface area (Å²) in [6.45, 7) is 10.2. The molecule has 0 aliphatic carbocycles. The van der Waals surface area contributed by atoms with Gasteiger partial charge in [0.15, 0.2) is 13.2 Å². The molecule has 18 nitrogen and oxygen atoms in total. The van der Waals surface area contributed by atoms with Gasteiger partial charge in [0.25, 0.3) is 0 Å². The first-order chi connectivity index (χ1) is 29.3. The average molecular weight is 863 g/mol. The maximum atomic E-state index is 11.5. The van der Waals surface area contributed by atoms with E-state index in [1.165, 1.54) is 59.8 Å². The second-order valence-electron chi connectivity index (χ2n) is 10.5. The van der Waals surface area contributed by atoms with Gasteiger partial charge in [0, 0.05) is 13.0 Å². The van der Waals surface area contributed by atoms with Gasteiger partial charge in [-0.2, -0.15) is 0 Å². The van der Waals surface area contributed by atoms with Gasteiger partial charge in [-0.25, -0.2) is 24.0 Å². The Bertz CT molecular complexity index is 1660. The van der Waals surface area contributed by atoms with Crippen molar-refractivity contribution in [2.24, 2.45) is 0 Å². The van der Waals surface area contributed by atoms with Crippen LogP contribution in [0.15, 0.2) is 48.5 Å². The lowest BCUT2D eigenvalue weighted by Gasteiger charge is -2.06. The van der Waals surface area contributed by atoms with E-state index in [2.05, 4.69) is 47.4 Å². The summed E-state index contributed by atoms with van der Waals surface area (Å²) < 4.78 is 51.4. The fraction of sp³-hybridized carbons (Fsp3) is 0.465. The number of carbonyl (C=O) groups excluding carboxylic acids is 7. The molecule has 0 unspecified atom stereocenters. The molecule has 0 saturated heterocycles. The van der Waals surface area contributed by atoms with Crippen LogP contribution in [-0.4, -0.2) is 124 Å². The molecular formula is C43H58O18. The van der Waals surface area contributed by atoms with Gasteiger partial charge in [-0.1, -0.05) is 25.7 Å². The summed E-state index contributed by atoms with van der Waals surface area (Å²) in [6, 6.07) is 12.8. The van der Waals surface area contributed by atoms with Crippen molar-refractivity contribution >= 4 is 41.8 Å². The van der Waals surface area contributed by atoms with E-state index < -0.39 is 30.5 Å². The second kappa shape index (κ2) is 41.5. The molecule has 338 valence electrons. The normalized spacial score (nSPS) is 8.82. The fourth-order valence-electron chi connectivity index (χ4n) is 3.11. The molecule has 0 amide bonds. The Hall–Kier alpha value is -6.63. The highest BCUT2D eigenvalue weighted by Crippen LogP contribution is 2.17. The molecule has 18 heteroatoms. The lowest BCUT2D eigenvalue weighted by Crippen LogP contribution is -2.15. The summed E-state index contributed by atoms with van der Waals surface area (Å²) in [7, 11) is 6.55. The van der Waals surface area contributed by atoms with Gasteiger partial charge in [-0.15, -0.1) is 0 Å². The van der Waals surface area contributed by atoms with Crippen LogP contribution in [0.1, 0.15) is 74.6 Å². The number of carbonyl (C=O) groups is 7. The van der Waals surface area contributed by atoms with Crippen molar-refractivity contribution in [3.8, 4) is 35.2 Å². The predicted octanol–water partition coefficient (Wildman–Crippen LogP) is 4.54. The lowest BCUT2D eigenvalue weighted by molar-refractivity contribution is -0.151. The third-order valence-electron chi connectivity index (χ3n) is 6.11. The summed E-state index contributed by atoms with van der Waals surface area (Å²) in [4.78, 5) is 75.3. The van der Waals surface area contributed by atoms with Crippen LogP contribution in [0.2, 0.25) is 0 Å². The summed E-state index contributed by atoms with van der Waals surface area (Å²) >= 11 is 0. The third kappa shape index (κ3) is 36.2. The van der Waals surface area contributed by atoms with Crippen molar-refractivity contribution in [3.05, 3.63) is 59.7 Å². The first kappa shape index (κ1) is 58.7. The third-order valence-corrected chi connectivity index (χ3v) is 6.11. The van der Waals surface area contributed by atoms with E-state index >= 15 is 0 Å². The molecule has 0 spiro atoms. The van der Waals surface area contributed by atoms with Gasteiger partial charge in [0.05, 0.1) is 59.9 Å². The smallest absolute Gasteiger partial charge is 0.344 e. The highest BCUT2D eigenvalue weighted by molar-refractivity contribution is 5.94. The number of benzene rings is 2. The maximum absolute atomic E-state index is 11.5. The zero-order valence-electron chi connectivity index (χ0n) is 36.5. The number of rotatable bonds is 18. The standard InChI is InChI=1S/C13H14O6.C11H14O4.C8H8O2.C7H14O4.C4H8O2/c1-3-18-12(15)9-4-6-10(7-5-9)13(16)19-8-11(14)17-2;1-3-14-9-4-6-10(7-5-9)15-8-11(12)13-2;1-3-4-5-6-7-8(9)10-2;1-3-4-10-6-11-5-7(8)9-2;1-3-4(5)6-2/h4-7H,3,8H2,1-2H3;4-7H,3,8H2,1-2H3;7H2,1-2H3;3-6H2,1-2H3;3H2,1-2H3. The molecule has 0 N–H and O–H groups in total. The molecule has 0 heterocycles. The average Bonchev–Trinajstić information content (AvgIpc) is 3.29.